The number of rotatable bonds is 6. The van der Waals surface area contributed by atoms with E-state index >= 15 is 0 Å². The Hall–Kier alpha value is 0.650. The quantitative estimate of drug-likeness (QED) is 0.443. The van der Waals surface area contributed by atoms with Crippen LogP contribution in [0.5, 0.6) is 0 Å². The molecule has 0 aromatic rings. The summed E-state index contributed by atoms with van der Waals surface area (Å²) in [6, 6.07) is 0. The fraction of sp³-hybridized carbons (Fsp3) is 1.00. The first-order chi connectivity index (χ1) is 9.00. The summed E-state index contributed by atoms with van der Waals surface area (Å²) in [4.78, 5) is 0. The van der Waals surface area contributed by atoms with Gasteiger partial charge in [-0.3, -0.25) is 0 Å². The number of nitrogens with zero attached hydrogens (tertiary/aromatic N) is 2. The highest BCUT2D eigenvalue weighted by Gasteiger charge is 2.43. The van der Waals surface area contributed by atoms with Crippen LogP contribution in [0.2, 0.25) is 0 Å². The maximum absolute atomic E-state index is 2.53. The Kier molecular flexibility index (Phi) is 7.27. The average Bonchev–Trinajstić information content (AvgIpc) is 2.74. The zero-order valence-electron chi connectivity index (χ0n) is 14.2. The number of likely N-dealkylation sites (tertiary alicyclic amines) is 1. The molecular weight excluding hydrogens is 359 g/mol. The third-order valence-corrected chi connectivity index (χ3v) is 6.34. The van der Waals surface area contributed by atoms with Gasteiger partial charge in [-0.25, -0.2) is 0 Å². The van der Waals surface area contributed by atoms with Crippen molar-refractivity contribution in [2.75, 3.05) is 53.4 Å². The maximum atomic E-state index is 2.53. The third kappa shape index (κ3) is 4.57. The molecule has 1 saturated heterocycles. The molecule has 0 radical (unpaired) electrons. The molecule has 1 aliphatic carbocycles. The summed E-state index contributed by atoms with van der Waals surface area (Å²) in [5.41, 5.74) is 0. The van der Waals surface area contributed by atoms with Gasteiger partial charge in [0, 0.05) is 18.3 Å². The van der Waals surface area contributed by atoms with E-state index in [4.69, 9.17) is 0 Å². The molecule has 2 fully saturated rings. The van der Waals surface area contributed by atoms with Gasteiger partial charge in [-0.15, -0.1) is 0 Å². The molecule has 120 valence electrons. The fourth-order valence-electron chi connectivity index (χ4n) is 4.53. The minimum atomic E-state index is 0. The summed E-state index contributed by atoms with van der Waals surface area (Å²) in [6.07, 6.45) is 7.46. The Morgan fingerprint density at radius 2 is 1.50 bits per heavy atom. The lowest BCUT2D eigenvalue weighted by atomic mass is 9.82. The largest absolute Gasteiger partial charge is 1.00 e. The molecule has 1 heterocycles. The summed E-state index contributed by atoms with van der Waals surface area (Å²) < 4.78 is 2.63. The normalized spacial score (nSPS) is 33.6. The van der Waals surface area contributed by atoms with Crippen molar-refractivity contribution in [1.82, 2.24) is 0 Å². The minimum absolute atomic E-state index is 0. The van der Waals surface area contributed by atoms with Crippen molar-refractivity contribution in [2.45, 2.75) is 46.0 Å². The topological polar surface area (TPSA) is 0 Å². The molecule has 0 N–H and O–H groups in total. The minimum Gasteiger partial charge on any atom is -1.00 e. The summed E-state index contributed by atoms with van der Waals surface area (Å²) in [6.45, 7) is 13.0. The van der Waals surface area contributed by atoms with Gasteiger partial charge in [0.2, 0.25) is 0 Å². The van der Waals surface area contributed by atoms with Crippen molar-refractivity contribution < 1.29 is 32.9 Å². The van der Waals surface area contributed by atoms with Crippen molar-refractivity contribution in [3.8, 4) is 0 Å². The van der Waals surface area contributed by atoms with E-state index in [0.717, 1.165) is 11.8 Å². The first-order valence-electron chi connectivity index (χ1n) is 8.67. The molecule has 0 amide bonds. The van der Waals surface area contributed by atoms with Gasteiger partial charge in [-0.2, -0.15) is 0 Å². The highest BCUT2D eigenvalue weighted by molar-refractivity contribution is 4.80. The zero-order valence-corrected chi connectivity index (χ0v) is 16.4. The van der Waals surface area contributed by atoms with Crippen LogP contribution in [0.15, 0.2) is 0 Å². The van der Waals surface area contributed by atoms with Crippen LogP contribution in [0, 0.1) is 11.8 Å². The Balaban J connectivity index is 0.00000200. The maximum Gasteiger partial charge on any atom is 0.0839 e. The van der Waals surface area contributed by atoms with Crippen LogP contribution in [0.4, 0.5) is 0 Å². The third-order valence-electron chi connectivity index (χ3n) is 6.34. The lowest BCUT2D eigenvalue weighted by Crippen LogP contribution is -3.00. The van der Waals surface area contributed by atoms with Crippen molar-refractivity contribution >= 4 is 0 Å². The second kappa shape index (κ2) is 7.77. The van der Waals surface area contributed by atoms with Crippen LogP contribution in [0.3, 0.4) is 0 Å². The Morgan fingerprint density at radius 3 is 1.95 bits per heavy atom. The smallest absolute Gasteiger partial charge is 0.0839 e. The van der Waals surface area contributed by atoms with Crippen LogP contribution in [-0.2, 0) is 0 Å². The molecule has 1 aliphatic heterocycles. The Bertz CT molecular complexity index is 275. The van der Waals surface area contributed by atoms with Gasteiger partial charge in [0.25, 0.3) is 0 Å². The lowest BCUT2D eigenvalue weighted by molar-refractivity contribution is -0.922. The first kappa shape index (κ1) is 18.7. The van der Waals surface area contributed by atoms with E-state index in [1.165, 1.54) is 80.3 Å². The van der Waals surface area contributed by atoms with Crippen LogP contribution < -0.4 is 24.0 Å². The molecule has 20 heavy (non-hydrogen) atoms. The highest BCUT2D eigenvalue weighted by atomic mass is 127. The number of hydrogen-bond donors (Lipinski definition) is 0. The summed E-state index contributed by atoms with van der Waals surface area (Å²) in [5, 5.41) is 0. The van der Waals surface area contributed by atoms with Gasteiger partial charge in [-0.1, -0.05) is 12.8 Å². The van der Waals surface area contributed by atoms with Crippen LogP contribution in [0.25, 0.3) is 0 Å². The summed E-state index contributed by atoms with van der Waals surface area (Å²) >= 11 is 0. The molecule has 2 unspecified atom stereocenters. The van der Waals surface area contributed by atoms with E-state index in [0.29, 0.717) is 0 Å². The van der Waals surface area contributed by atoms with Crippen LogP contribution in [0.1, 0.15) is 46.0 Å². The average molecular weight is 395 g/mol. The molecule has 0 spiro atoms. The van der Waals surface area contributed by atoms with E-state index in [-0.39, 0.29) is 24.0 Å². The first-order valence-corrected chi connectivity index (χ1v) is 8.67. The van der Waals surface area contributed by atoms with Crippen LogP contribution in [-0.4, -0.2) is 62.3 Å². The molecule has 2 atom stereocenters. The fourth-order valence-corrected chi connectivity index (χ4v) is 4.53. The van der Waals surface area contributed by atoms with E-state index in [9.17, 15) is 0 Å². The molecule has 3 heteroatoms. The molecule has 2 nitrogen and oxygen atoms in total. The van der Waals surface area contributed by atoms with E-state index in [2.05, 4.69) is 27.9 Å². The van der Waals surface area contributed by atoms with Gasteiger partial charge >= 0.3 is 0 Å². The zero-order chi connectivity index (χ0) is 13.9. The SMILES string of the molecule is CC[N+](C)(CC)CCC[N+]1(C)CC2CCCCC2C1.[I-]. The van der Waals surface area contributed by atoms with E-state index < -0.39 is 0 Å². The number of quaternary nitrogens is 2. The number of fused-ring (bicyclic) bond motifs is 1. The molecule has 0 bridgehead atoms. The van der Waals surface area contributed by atoms with Gasteiger partial charge in [0.05, 0.1) is 53.4 Å². The lowest BCUT2D eigenvalue weighted by Gasteiger charge is -2.35. The van der Waals surface area contributed by atoms with E-state index in [1.807, 2.05) is 0 Å². The van der Waals surface area contributed by atoms with Gasteiger partial charge in [-0.05, 0) is 26.7 Å². The molecular formula is C17H36IN2+. The predicted octanol–water partition coefficient (Wildman–Crippen LogP) is 0.134. The van der Waals surface area contributed by atoms with Crippen molar-refractivity contribution in [1.29, 1.82) is 0 Å². The molecule has 0 aromatic carbocycles. The molecule has 1 saturated carbocycles. The second-order valence-electron chi connectivity index (χ2n) is 7.84. The number of halogens is 1. The van der Waals surface area contributed by atoms with Gasteiger partial charge < -0.3 is 32.9 Å². The molecule has 2 rings (SSSR count). The molecule has 2 aliphatic rings. The molecule has 0 aromatic heterocycles. The summed E-state index contributed by atoms with van der Waals surface area (Å²) in [7, 11) is 4.95. The monoisotopic (exact) mass is 395 g/mol. The van der Waals surface area contributed by atoms with Crippen molar-refractivity contribution in [3.63, 3.8) is 0 Å². The standard InChI is InChI=1S/C17H36N2.HI/c1-5-18(3,6-2)12-9-13-19(4)14-16-10-7-8-11-17(16)15-19;/h16-17H,5-15H2,1-4H3;1H/q+2;/p-1. The van der Waals surface area contributed by atoms with Crippen molar-refractivity contribution in [3.05, 3.63) is 0 Å². The predicted molar refractivity (Wildman–Crippen MR) is 83.0 cm³/mol. The Labute approximate surface area is 144 Å². The van der Waals surface area contributed by atoms with E-state index in [1.54, 1.807) is 0 Å². The second-order valence-corrected chi connectivity index (χ2v) is 7.84. The summed E-state index contributed by atoms with van der Waals surface area (Å²) in [5.74, 6) is 2.13. The van der Waals surface area contributed by atoms with Crippen LogP contribution >= 0.6 is 0 Å². The van der Waals surface area contributed by atoms with Gasteiger partial charge in [0.15, 0.2) is 0 Å². The van der Waals surface area contributed by atoms with Gasteiger partial charge in [0.1, 0.15) is 0 Å². The number of hydrogen-bond acceptors (Lipinski definition) is 0. The van der Waals surface area contributed by atoms with Crippen molar-refractivity contribution in [2.24, 2.45) is 11.8 Å². The highest BCUT2D eigenvalue weighted by Crippen LogP contribution is 2.39. The Morgan fingerprint density at radius 1 is 1.00 bits per heavy atom.